The van der Waals surface area contributed by atoms with E-state index in [4.69, 9.17) is 10.8 Å². The van der Waals surface area contributed by atoms with Crippen molar-refractivity contribution >= 4 is 39.3 Å². The van der Waals surface area contributed by atoms with Crippen LogP contribution in [0.25, 0.3) is 0 Å². The number of rotatable bonds is 5. The molecule has 2 aromatic rings. The van der Waals surface area contributed by atoms with Crippen molar-refractivity contribution in [2.45, 2.75) is 11.4 Å². The number of nitrogen functional groups attached to an aromatic ring is 1. The second kappa shape index (κ2) is 6.07. The van der Waals surface area contributed by atoms with Crippen LogP contribution in [0.15, 0.2) is 33.8 Å². The van der Waals surface area contributed by atoms with E-state index < -0.39 is 5.97 Å². The summed E-state index contributed by atoms with van der Waals surface area (Å²) < 4.78 is 2.46. The van der Waals surface area contributed by atoms with Crippen LogP contribution in [0.2, 0.25) is 0 Å². The van der Waals surface area contributed by atoms with Gasteiger partial charge >= 0.3 is 5.97 Å². The Labute approximate surface area is 122 Å². The number of hydrogen-bond donors (Lipinski definition) is 2. The first-order valence-corrected chi connectivity index (χ1v) is 7.15. The van der Waals surface area contributed by atoms with E-state index in [1.54, 1.807) is 11.8 Å². The highest BCUT2D eigenvalue weighted by Gasteiger charge is 2.08. The van der Waals surface area contributed by atoms with Crippen molar-refractivity contribution in [3.63, 3.8) is 0 Å². The van der Waals surface area contributed by atoms with E-state index in [-0.39, 0.29) is 5.69 Å². The molecule has 0 atom stereocenters. The molecule has 19 heavy (non-hydrogen) atoms. The van der Waals surface area contributed by atoms with Gasteiger partial charge in [-0.2, -0.15) is 0 Å². The van der Waals surface area contributed by atoms with Crippen molar-refractivity contribution < 1.29 is 9.90 Å². The van der Waals surface area contributed by atoms with Gasteiger partial charge in [0, 0.05) is 20.8 Å². The van der Waals surface area contributed by atoms with Crippen LogP contribution in [-0.4, -0.2) is 31.8 Å². The molecule has 0 saturated heterocycles. The van der Waals surface area contributed by atoms with Crippen molar-refractivity contribution in [1.82, 2.24) is 15.0 Å². The largest absolute Gasteiger partial charge is 0.476 e. The molecule has 1 aromatic carbocycles. The maximum absolute atomic E-state index is 10.6. The molecule has 2 rings (SSSR count). The minimum atomic E-state index is -1.07. The SMILES string of the molecule is Nc1ccc(SCCn2cc(C(=O)O)nn2)c(Br)c1. The fraction of sp³-hybridized carbons (Fsp3) is 0.182. The van der Waals surface area contributed by atoms with Crippen molar-refractivity contribution in [3.8, 4) is 0 Å². The topological polar surface area (TPSA) is 94.0 Å². The highest BCUT2D eigenvalue weighted by molar-refractivity contribution is 9.10. The number of nitrogens with zero attached hydrogens (tertiary/aromatic N) is 3. The number of aryl methyl sites for hydroxylation is 1. The highest BCUT2D eigenvalue weighted by atomic mass is 79.9. The lowest BCUT2D eigenvalue weighted by atomic mass is 10.3. The van der Waals surface area contributed by atoms with Gasteiger partial charge in [0.05, 0.1) is 12.7 Å². The number of aromatic nitrogens is 3. The summed E-state index contributed by atoms with van der Waals surface area (Å²) in [6, 6.07) is 5.62. The van der Waals surface area contributed by atoms with Crippen LogP contribution in [0, 0.1) is 0 Å². The van der Waals surface area contributed by atoms with Crippen molar-refractivity contribution in [2.75, 3.05) is 11.5 Å². The molecule has 1 heterocycles. The maximum atomic E-state index is 10.6. The van der Waals surface area contributed by atoms with Gasteiger partial charge in [-0.05, 0) is 34.1 Å². The number of benzene rings is 1. The fourth-order valence-electron chi connectivity index (χ4n) is 1.39. The lowest BCUT2D eigenvalue weighted by Gasteiger charge is -2.05. The molecule has 0 unspecified atom stereocenters. The van der Waals surface area contributed by atoms with Crippen LogP contribution in [0.3, 0.4) is 0 Å². The minimum Gasteiger partial charge on any atom is -0.476 e. The van der Waals surface area contributed by atoms with Gasteiger partial charge in [-0.3, -0.25) is 4.68 Å². The average Bonchev–Trinajstić information content (AvgIpc) is 2.81. The fourth-order valence-corrected chi connectivity index (χ4v) is 2.99. The third kappa shape index (κ3) is 3.71. The maximum Gasteiger partial charge on any atom is 0.358 e. The van der Waals surface area contributed by atoms with Gasteiger partial charge < -0.3 is 10.8 Å². The Bertz CT molecular complexity index is 602. The zero-order chi connectivity index (χ0) is 13.8. The Kier molecular flexibility index (Phi) is 4.43. The number of carbonyl (C=O) groups is 1. The van der Waals surface area contributed by atoms with Gasteiger partial charge in [-0.15, -0.1) is 16.9 Å². The molecular formula is C11H11BrN4O2S. The van der Waals surface area contributed by atoms with Crippen LogP contribution in [0.5, 0.6) is 0 Å². The summed E-state index contributed by atoms with van der Waals surface area (Å²) in [5.74, 6) is -0.314. The third-order valence-electron chi connectivity index (χ3n) is 2.29. The molecule has 6 nitrogen and oxygen atoms in total. The molecule has 100 valence electrons. The first kappa shape index (κ1) is 13.9. The molecule has 8 heteroatoms. The Morgan fingerprint density at radius 3 is 2.95 bits per heavy atom. The second-order valence-electron chi connectivity index (χ2n) is 3.71. The molecule has 0 bridgehead atoms. The van der Waals surface area contributed by atoms with E-state index >= 15 is 0 Å². The van der Waals surface area contributed by atoms with Crippen LogP contribution in [0.1, 0.15) is 10.5 Å². The highest BCUT2D eigenvalue weighted by Crippen LogP contribution is 2.29. The monoisotopic (exact) mass is 342 g/mol. The molecule has 0 aliphatic carbocycles. The summed E-state index contributed by atoms with van der Waals surface area (Å²) in [5.41, 5.74) is 6.33. The number of hydrogen-bond acceptors (Lipinski definition) is 5. The molecule has 0 fully saturated rings. The molecule has 0 spiro atoms. The van der Waals surface area contributed by atoms with E-state index in [9.17, 15) is 4.79 Å². The van der Waals surface area contributed by atoms with Crippen LogP contribution >= 0.6 is 27.7 Å². The number of aromatic carboxylic acids is 1. The zero-order valence-electron chi connectivity index (χ0n) is 9.78. The first-order chi connectivity index (χ1) is 9.06. The quantitative estimate of drug-likeness (QED) is 0.638. The van der Waals surface area contributed by atoms with Crippen LogP contribution < -0.4 is 5.73 Å². The van der Waals surface area contributed by atoms with E-state index in [1.165, 1.54) is 10.9 Å². The number of thioether (sulfide) groups is 1. The van der Waals surface area contributed by atoms with Crippen LogP contribution in [-0.2, 0) is 6.54 Å². The normalized spacial score (nSPS) is 10.6. The van der Waals surface area contributed by atoms with Gasteiger partial charge in [0.2, 0.25) is 0 Å². The van der Waals surface area contributed by atoms with Gasteiger partial charge in [0.1, 0.15) is 0 Å². The molecule has 0 saturated carbocycles. The molecule has 0 amide bonds. The summed E-state index contributed by atoms with van der Waals surface area (Å²) in [5, 5.41) is 16.0. The summed E-state index contributed by atoms with van der Waals surface area (Å²) in [7, 11) is 0. The number of anilines is 1. The van der Waals surface area contributed by atoms with Crippen molar-refractivity contribution in [3.05, 3.63) is 34.6 Å². The smallest absolute Gasteiger partial charge is 0.358 e. The summed E-state index contributed by atoms with van der Waals surface area (Å²) in [4.78, 5) is 11.7. The Hall–Kier alpha value is -1.54. The Morgan fingerprint density at radius 1 is 1.53 bits per heavy atom. The number of carboxylic acids is 1. The third-order valence-corrected chi connectivity index (χ3v) is 4.26. The van der Waals surface area contributed by atoms with E-state index in [0.717, 1.165) is 15.1 Å². The summed E-state index contributed by atoms with van der Waals surface area (Å²) >= 11 is 5.07. The first-order valence-electron chi connectivity index (χ1n) is 5.37. The van der Waals surface area contributed by atoms with E-state index in [2.05, 4.69) is 26.2 Å². The number of carboxylic acid groups (broad SMARTS) is 1. The lowest BCUT2D eigenvalue weighted by Crippen LogP contribution is -2.01. The average molecular weight is 343 g/mol. The van der Waals surface area contributed by atoms with E-state index in [1.807, 2.05) is 18.2 Å². The molecule has 0 aliphatic heterocycles. The van der Waals surface area contributed by atoms with Gasteiger partial charge in [-0.1, -0.05) is 5.21 Å². The van der Waals surface area contributed by atoms with Gasteiger partial charge in [0.25, 0.3) is 0 Å². The predicted octanol–water partition coefficient (Wildman–Crippen LogP) is 2.11. The molecular weight excluding hydrogens is 332 g/mol. The van der Waals surface area contributed by atoms with Crippen molar-refractivity contribution in [1.29, 1.82) is 0 Å². The lowest BCUT2D eigenvalue weighted by molar-refractivity contribution is 0.0690. The number of halogens is 1. The standard InChI is InChI=1S/C11H11BrN4O2S/c12-8-5-7(13)1-2-10(8)19-4-3-16-6-9(11(17)18)14-15-16/h1-2,5-6H,3-4,13H2,(H,17,18). The number of nitrogens with two attached hydrogens (primary N) is 1. The second-order valence-corrected chi connectivity index (χ2v) is 5.70. The Morgan fingerprint density at radius 2 is 2.32 bits per heavy atom. The minimum absolute atomic E-state index is 0.0429. The van der Waals surface area contributed by atoms with Gasteiger partial charge in [-0.25, -0.2) is 4.79 Å². The van der Waals surface area contributed by atoms with Crippen molar-refractivity contribution in [2.24, 2.45) is 0 Å². The summed E-state index contributed by atoms with van der Waals surface area (Å²) in [6.45, 7) is 0.585. The van der Waals surface area contributed by atoms with Crippen LogP contribution in [0.4, 0.5) is 5.69 Å². The summed E-state index contributed by atoms with van der Waals surface area (Å²) in [6.07, 6.45) is 1.42. The van der Waals surface area contributed by atoms with Gasteiger partial charge in [0.15, 0.2) is 5.69 Å². The Balaban J connectivity index is 1.90. The zero-order valence-corrected chi connectivity index (χ0v) is 12.2. The predicted molar refractivity (Wildman–Crippen MR) is 76.3 cm³/mol. The molecule has 0 radical (unpaired) electrons. The molecule has 0 aliphatic rings. The molecule has 1 aromatic heterocycles. The molecule has 3 N–H and O–H groups in total. The van der Waals surface area contributed by atoms with E-state index in [0.29, 0.717) is 12.2 Å².